The average Bonchev–Trinajstić information content (AvgIpc) is 2.80. The number of carboxylic acid groups (broad SMARTS) is 1. The Morgan fingerprint density at radius 3 is 2.29 bits per heavy atom. The molecule has 0 unspecified atom stereocenters. The third-order valence-electron chi connectivity index (χ3n) is 4.32. The first-order chi connectivity index (χ1) is 9.73. The number of hydrogen-bond acceptors (Lipinski definition) is 2. The van der Waals surface area contributed by atoms with Crippen molar-refractivity contribution in [1.82, 2.24) is 4.90 Å². The maximum absolute atomic E-state index is 12.8. The molecule has 1 fully saturated rings. The second-order valence-corrected chi connectivity index (χ2v) is 6.70. The van der Waals surface area contributed by atoms with E-state index < -0.39 is 17.3 Å². The molecule has 4 nitrogen and oxygen atoms in total. The van der Waals surface area contributed by atoms with E-state index in [9.17, 15) is 14.7 Å². The first-order valence-corrected chi connectivity index (χ1v) is 7.39. The highest BCUT2D eigenvalue weighted by Crippen LogP contribution is 2.31. The van der Waals surface area contributed by atoms with Crippen LogP contribution in [-0.2, 0) is 15.0 Å². The van der Waals surface area contributed by atoms with Gasteiger partial charge in [-0.2, -0.15) is 0 Å². The topological polar surface area (TPSA) is 57.6 Å². The van der Waals surface area contributed by atoms with Gasteiger partial charge in [-0.05, 0) is 37.5 Å². The van der Waals surface area contributed by atoms with Crippen LogP contribution in [0.3, 0.4) is 0 Å². The fraction of sp³-hybridized carbons (Fsp3) is 0.500. The lowest BCUT2D eigenvalue weighted by molar-refractivity contribution is -0.142. The van der Waals surface area contributed by atoms with Gasteiger partial charge in [0, 0.05) is 18.1 Å². The van der Waals surface area contributed by atoms with E-state index in [1.165, 1.54) is 0 Å². The van der Waals surface area contributed by atoms with Gasteiger partial charge in [-0.15, -0.1) is 0 Å². The van der Waals surface area contributed by atoms with Crippen LogP contribution < -0.4 is 0 Å². The number of amides is 1. The highest BCUT2D eigenvalue weighted by molar-refractivity contribution is 6.30. The third kappa shape index (κ3) is 3.05. The van der Waals surface area contributed by atoms with Gasteiger partial charge < -0.3 is 10.0 Å². The number of halogens is 1. The summed E-state index contributed by atoms with van der Waals surface area (Å²) in [4.78, 5) is 25.6. The van der Waals surface area contributed by atoms with Crippen LogP contribution in [0.2, 0.25) is 5.02 Å². The first-order valence-electron chi connectivity index (χ1n) is 7.01. The second kappa shape index (κ2) is 5.68. The molecule has 0 aliphatic carbocycles. The molecule has 1 saturated heterocycles. The van der Waals surface area contributed by atoms with Crippen molar-refractivity contribution in [1.29, 1.82) is 0 Å². The molecule has 0 bridgehead atoms. The Labute approximate surface area is 129 Å². The van der Waals surface area contributed by atoms with E-state index in [1.54, 1.807) is 17.0 Å². The Morgan fingerprint density at radius 2 is 1.81 bits per heavy atom. The summed E-state index contributed by atoms with van der Waals surface area (Å²) in [6, 6.07) is 7.21. The van der Waals surface area contributed by atoms with Crippen molar-refractivity contribution < 1.29 is 14.7 Å². The molecule has 114 valence electrons. The number of nitrogens with zero attached hydrogens (tertiary/aromatic N) is 1. The molecule has 5 heteroatoms. The number of rotatable bonds is 3. The maximum Gasteiger partial charge on any atom is 0.308 e. The number of likely N-dealkylation sites (tertiary alicyclic amines) is 1. The second-order valence-electron chi connectivity index (χ2n) is 6.26. The fourth-order valence-corrected chi connectivity index (χ4v) is 2.97. The molecule has 1 heterocycles. The van der Waals surface area contributed by atoms with Gasteiger partial charge in [-0.1, -0.05) is 30.7 Å². The average molecular weight is 310 g/mol. The van der Waals surface area contributed by atoms with Crippen molar-refractivity contribution in [2.24, 2.45) is 11.8 Å². The van der Waals surface area contributed by atoms with Gasteiger partial charge in [0.15, 0.2) is 0 Å². The van der Waals surface area contributed by atoms with Gasteiger partial charge in [0.05, 0.1) is 11.3 Å². The van der Waals surface area contributed by atoms with Gasteiger partial charge in [0.25, 0.3) is 0 Å². The van der Waals surface area contributed by atoms with Gasteiger partial charge in [0.1, 0.15) is 0 Å². The molecule has 21 heavy (non-hydrogen) atoms. The molecule has 2 rings (SSSR count). The van der Waals surface area contributed by atoms with Gasteiger partial charge >= 0.3 is 5.97 Å². The van der Waals surface area contributed by atoms with E-state index in [0.717, 1.165) is 5.56 Å². The van der Waals surface area contributed by atoms with Gasteiger partial charge in [-0.3, -0.25) is 9.59 Å². The van der Waals surface area contributed by atoms with Gasteiger partial charge in [0.2, 0.25) is 5.91 Å². The molecule has 0 radical (unpaired) electrons. The summed E-state index contributed by atoms with van der Waals surface area (Å²) >= 11 is 5.88. The zero-order valence-corrected chi connectivity index (χ0v) is 13.2. The Kier molecular flexibility index (Phi) is 4.28. The van der Waals surface area contributed by atoms with Gasteiger partial charge in [-0.25, -0.2) is 0 Å². The molecular weight excluding hydrogens is 290 g/mol. The standard InChI is InChI=1S/C16H20ClNO3/c1-10-8-18(9-13(10)14(19)20)15(21)16(2,3)11-4-6-12(17)7-5-11/h4-7,10,13H,8-9H2,1-3H3,(H,19,20)/t10-,13-/m1/s1. The zero-order chi connectivity index (χ0) is 15.8. The van der Waals surface area contributed by atoms with Crippen LogP contribution in [0.1, 0.15) is 26.3 Å². The predicted molar refractivity (Wildman–Crippen MR) is 81.3 cm³/mol. The number of carbonyl (C=O) groups is 2. The molecule has 1 aromatic carbocycles. The lowest BCUT2D eigenvalue weighted by atomic mass is 9.83. The smallest absolute Gasteiger partial charge is 0.308 e. The van der Waals surface area contributed by atoms with Crippen LogP contribution in [0.25, 0.3) is 0 Å². The van der Waals surface area contributed by atoms with Crippen LogP contribution in [0.4, 0.5) is 0 Å². The maximum atomic E-state index is 12.8. The minimum absolute atomic E-state index is 0.0209. The summed E-state index contributed by atoms with van der Waals surface area (Å²) < 4.78 is 0. The lowest BCUT2D eigenvalue weighted by Crippen LogP contribution is -2.42. The zero-order valence-electron chi connectivity index (χ0n) is 12.5. The summed E-state index contributed by atoms with van der Waals surface area (Å²) in [6.45, 7) is 6.37. The van der Waals surface area contributed by atoms with Crippen molar-refractivity contribution in [3.05, 3.63) is 34.9 Å². The van der Waals surface area contributed by atoms with Crippen LogP contribution in [0, 0.1) is 11.8 Å². The quantitative estimate of drug-likeness (QED) is 0.934. The van der Waals surface area contributed by atoms with E-state index in [4.69, 9.17) is 11.6 Å². The molecule has 1 aliphatic rings. The number of aliphatic carboxylic acids is 1. The van der Waals surface area contributed by atoms with E-state index in [-0.39, 0.29) is 18.4 Å². The summed E-state index contributed by atoms with van der Waals surface area (Å²) in [5, 5.41) is 9.81. The molecular formula is C16H20ClNO3. The van der Waals surface area contributed by atoms with Crippen LogP contribution in [0.5, 0.6) is 0 Å². The summed E-state index contributed by atoms with van der Waals surface area (Å²) in [6.07, 6.45) is 0. The fourth-order valence-electron chi connectivity index (χ4n) is 2.84. The van der Waals surface area contributed by atoms with E-state index in [1.807, 2.05) is 32.9 Å². The summed E-state index contributed by atoms with van der Waals surface area (Å²) in [5.74, 6) is -1.37. The Hall–Kier alpha value is -1.55. The number of hydrogen-bond donors (Lipinski definition) is 1. The van der Waals surface area contributed by atoms with Crippen molar-refractivity contribution in [3.63, 3.8) is 0 Å². The summed E-state index contributed by atoms with van der Waals surface area (Å²) in [7, 11) is 0. The predicted octanol–water partition coefficient (Wildman–Crippen LogP) is 2.80. The molecule has 0 spiro atoms. The molecule has 1 amide bonds. The van der Waals surface area contributed by atoms with Crippen LogP contribution in [-0.4, -0.2) is 35.0 Å². The normalized spacial score (nSPS) is 22.4. The minimum atomic E-state index is -0.831. The monoisotopic (exact) mass is 309 g/mol. The van der Waals surface area contributed by atoms with Crippen LogP contribution >= 0.6 is 11.6 Å². The van der Waals surface area contributed by atoms with Crippen molar-refractivity contribution in [2.75, 3.05) is 13.1 Å². The minimum Gasteiger partial charge on any atom is -0.481 e. The van der Waals surface area contributed by atoms with E-state index in [0.29, 0.717) is 11.6 Å². The Bertz CT molecular complexity index is 553. The number of carbonyl (C=O) groups excluding carboxylic acids is 1. The summed E-state index contributed by atoms with van der Waals surface area (Å²) in [5.41, 5.74) is 0.181. The first kappa shape index (κ1) is 15.8. The Morgan fingerprint density at radius 1 is 1.24 bits per heavy atom. The van der Waals surface area contributed by atoms with Crippen molar-refractivity contribution >= 4 is 23.5 Å². The number of benzene rings is 1. The van der Waals surface area contributed by atoms with E-state index in [2.05, 4.69) is 0 Å². The van der Waals surface area contributed by atoms with Crippen LogP contribution in [0.15, 0.2) is 24.3 Å². The van der Waals surface area contributed by atoms with E-state index >= 15 is 0 Å². The number of carboxylic acids is 1. The van der Waals surface area contributed by atoms with Crippen molar-refractivity contribution in [3.8, 4) is 0 Å². The molecule has 1 N–H and O–H groups in total. The largest absolute Gasteiger partial charge is 0.481 e. The molecule has 0 aromatic heterocycles. The molecule has 1 aliphatic heterocycles. The third-order valence-corrected chi connectivity index (χ3v) is 4.57. The molecule has 2 atom stereocenters. The SMILES string of the molecule is C[C@@H]1CN(C(=O)C(C)(C)c2ccc(Cl)cc2)C[C@H]1C(=O)O. The molecule has 1 aromatic rings. The molecule has 0 saturated carbocycles. The highest BCUT2D eigenvalue weighted by Gasteiger charge is 2.42. The Balaban J connectivity index is 2.19. The van der Waals surface area contributed by atoms with Crippen molar-refractivity contribution in [2.45, 2.75) is 26.2 Å². The highest BCUT2D eigenvalue weighted by atomic mass is 35.5. The lowest BCUT2D eigenvalue weighted by Gasteiger charge is -2.29.